The van der Waals surface area contributed by atoms with Crippen molar-refractivity contribution in [3.63, 3.8) is 0 Å². The molecular weight excluding hydrogens is 370 g/mol. The number of esters is 1. The first-order valence-corrected chi connectivity index (χ1v) is 9.31. The van der Waals surface area contributed by atoms with Crippen LogP contribution in [0.15, 0.2) is 60.0 Å². The summed E-state index contributed by atoms with van der Waals surface area (Å²) < 4.78 is 11.1. The minimum absolute atomic E-state index is 0.223. The van der Waals surface area contributed by atoms with Gasteiger partial charge in [-0.3, -0.25) is 0 Å². The zero-order valence-electron chi connectivity index (χ0n) is 14.4. The lowest BCUT2D eigenvalue weighted by Crippen LogP contribution is -2.38. The first-order chi connectivity index (χ1) is 12.4. The molecule has 0 saturated heterocycles. The number of nitrogens with zero attached hydrogens (tertiary/aromatic N) is 1. The maximum atomic E-state index is 12.3. The van der Waals surface area contributed by atoms with Crippen LogP contribution in [-0.4, -0.2) is 16.6 Å². The van der Waals surface area contributed by atoms with Gasteiger partial charge in [-0.25, -0.2) is 9.78 Å². The average molecular weight is 388 g/mol. The predicted molar refractivity (Wildman–Crippen MR) is 104 cm³/mol. The summed E-state index contributed by atoms with van der Waals surface area (Å²) in [4.78, 5) is 16.9. The lowest BCUT2D eigenvalue weighted by molar-refractivity contribution is -0.159. The molecule has 3 aromatic rings. The summed E-state index contributed by atoms with van der Waals surface area (Å²) in [5, 5.41) is 3.49. The molecular formula is C20H18ClNO3S. The largest absolute Gasteiger partial charge is 0.424 e. The van der Waals surface area contributed by atoms with Gasteiger partial charge in [-0.1, -0.05) is 41.9 Å². The summed E-state index contributed by atoms with van der Waals surface area (Å²) in [6.45, 7) is 3.59. The van der Waals surface area contributed by atoms with E-state index < -0.39 is 11.6 Å². The molecule has 0 unspecified atom stereocenters. The Balaban J connectivity index is 1.61. The van der Waals surface area contributed by atoms with Crippen LogP contribution in [0.5, 0.6) is 5.75 Å². The van der Waals surface area contributed by atoms with Crippen LogP contribution in [0.2, 0.25) is 5.02 Å². The van der Waals surface area contributed by atoms with Crippen molar-refractivity contribution < 1.29 is 14.3 Å². The van der Waals surface area contributed by atoms with E-state index in [1.165, 1.54) is 11.3 Å². The van der Waals surface area contributed by atoms with Crippen molar-refractivity contribution >= 4 is 28.9 Å². The summed E-state index contributed by atoms with van der Waals surface area (Å²) in [6, 6.07) is 16.4. The number of thiazole rings is 1. The third-order valence-electron chi connectivity index (χ3n) is 3.67. The number of ether oxygens (including phenoxy) is 2. The number of carbonyl (C=O) groups excluding carboxylic acids is 1. The molecule has 26 heavy (non-hydrogen) atoms. The highest BCUT2D eigenvalue weighted by molar-refractivity contribution is 7.13. The van der Waals surface area contributed by atoms with E-state index >= 15 is 0 Å². The molecule has 0 saturated carbocycles. The van der Waals surface area contributed by atoms with Crippen LogP contribution in [0.4, 0.5) is 0 Å². The van der Waals surface area contributed by atoms with Gasteiger partial charge >= 0.3 is 5.97 Å². The monoisotopic (exact) mass is 387 g/mol. The van der Waals surface area contributed by atoms with E-state index in [1.807, 2.05) is 47.8 Å². The Kier molecular flexibility index (Phi) is 5.71. The van der Waals surface area contributed by atoms with Gasteiger partial charge in [0.05, 0.1) is 12.3 Å². The number of carbonyl (C=O) groups is 1. The third-order valence-corrected chi connectivity index (χ3v) is 4.86. The Hall–Kier alpha value is -2.21. The molecule has 0 aliphatic carbocycles. The normalized spacial score (nSPS) is 11.3. The fourth-order valence-corrected chi connectivity index (χ4v) is 3.07. The van der Waals surface area contributed by atoms with E-state index in [-0.39, 0.29) is 6.61 Å². The fourth-order valence-electron chi connectivity index (χ4n) is 2.13. The molecule has 0 aliphatic heterocycles. The molecule has 4 nitrogen and oxygen atoms in total. The molecule has 6 heteroatoms. The number of para-hydroxylation sites is 1. The van der Waals surface area contributed by atoms with E-state index in [1.54, 1.807) is 26.0 Å². The fraction of sp³-hybridized carbons (Fsp3) is 0.200. The smallest absolute Gasteiger partial charge is 0.343 e. The van der Waals surface area contributed by atoms with Gasteiger partial charge in [0, 0.05) is 16.0 Å². The van der Waals surface area contributed by atoms with E-state index in [2.05, 4.69) is 4.98 Å². The maximum absolute atomic E-state index is 12.3. The van der Waals surface area contributed by atoms with Crippen molar-refractivity contribution in [2.75, 3.05) is 0 Å². The summed E-state index contributed by atoms with van der Waals surface area (Å²) in [5.41, 5.74) is 0.675. The van der Waals surface area contributed by atoms with Crippen molar-refractivity contribution in [3.8, 4) is 16.3 Å². The minimum atomic E-state index is -1.08. The molecule has 0 N–H and O–H groups in total. The third kappa shape index (κ3) is 4.69. The molecule has 0 fully saturated rings. The van der Waals surface area contributed by atoms with Gasteiger partial charge in [-0.05, 0) is 38.1 Å². The highest BCUT2D eigenvalue weighted by Crippen LogP contribution is 2.26. The van der Waals surface area contributed by atoms with Gasteiger partial charge in [0.1, 0.15) is 10.8 Å². The molecule has 0 aliphatic rings. The lowest BCUT2D eigenvalue weighted by Gasteiger charge is -2.22. The van der Waals surface area contributed by atoms with Crippen LogP contribution >= 0.6 is 22.9 Å². The minimum Gasteiger partial charge on any atom is -0.424 e. The summed E-state index contributed by atoms with van der Waals surface area (Å²) in [6.07, 6.45) is 0. The molecule has 1 aromatic heterocycles. The molecule has 3 rings (SSSR count). The van der Waals surface area contributed by atoms with Gasteiger partial charge in [0.25, 0.3) is 0 Å². The Labute approximate surface area is 161 Å². The lowest BCUT2D eigenvalue weighted by atomic mass is 10.1. The van der Waals surface area contributed by atoms with Gasteiger partial charge in [-0.2, -0.15) is 0 Å². The topological polar surface area (TPSA) is 48.4 Å². The standard InChI is InChI=1S/C20H18ClNO3S/c1-20(2,19(23)25-17-6-4-3-5-7-17)24-12-16-13-26-18(22-16)14-8-10-15(21)11-9-14/h3-11,13H,12H2,1-2H3. The van der Waals surface area contributed by atoms with Crippen LogP contribution < -0.4 is 4.74 Å². The van der Waals surface area contributed by atoms with E-state index in [0.717, 1.165) is 16.3 Å². The highest BCUT2D eigenvalue weighted by Gasteiger charge is 2.31. The second-order valence-corrected chi connectivity index (χ2v) is 7.45. The van der Waals surface area contributed by atoms with Crippen molar-refractivity contribution in [2.45, 2.75) is 26.1 Å². The first-order valence-electron chi connectivity index (χ1n) is 8.06. The predicted octanol–water partition coefficient (Wildman–Crippen LogP) is 5.36. The second kappa shape index (κ2) is 7.99. The van der Waals surface area contributed by atoms with Gasteiger partial charge in [0.15, 0.2) is 5.60 Å². The van der Waals surface area contributed by atoms with Crippen LogP contribution in [0.1, 0.15) is 19.5 Å². The summed E-state index contributed by atoms with van der Waals surface area (Å²) >= 11 is 7.43. The highest BCUT2D eigenvalue weighted by atomic mass is 35.5. The van der Waals surface area contributed by atoms with E-state index in [0.29, 0.717) is 10.8 Å². The van der Waals surface area contributed by atoms with Crippen molar-refractivity contribution in [3.05, 3.63) is 70.7 Å². The van der Waals surface area contributed by atoms with Crippen LogP contribution in [0.25, 0.3) is 10.6 Å². The Morgan fingerprint density at radius 1 is 1.12 bits per heavy atom. The SMILES string of the molecule is CC(C)(OCc1csc(-c2ccc(Cl)cc2)n1)C(=O)Oc1ccccc1. The van der Waals surface area contributed by atoms with Crippen molar-refractivity contribution in [2.24, 2.45) is 0 Å². The molecule has 0 amide bonds. The molecule has 1 heterocycles. The van der Waals surface area contributed by atoms with Gasteiger partial charge in [0.2, 0.25) is 0 Å². The Morgan fingerprint density at radius 2 is 1.81 bits per heavy atom. The zero-order valence-corrected chi connectivity index (χ0v) is 16.0. The van der Waals surface area contributed by atoms with Gasteiger partial charge in [-0.15, -0.1) is 11.3 Å². The summed E-state index contributed by atoms with van der Waals surface area (Å²) in [7, 11) is 0. The molecule has 134 valence electrons. The van der Waals surface area contributed by atoms with Gasteiger partial charge < -0.3 is 9.47 Å². The number of halogens is 1. The number of hydrogen-bond acceptors (Lipinski definition) is 5. The van der Waals surface area contributed by atoms with Crippen LogP contribution in [-0.2, 0) is 16.1 Å². The molecule has 0 spiro atoms. The summed E-state index contributed by atoms with van der Waals surface area (Å²) in [5.74, 6) is 0.0460. The molecule has 0 bridgehead atoms. The van der Waals surface area contributed by atoms with E-state index in [9.17, 15) is 4.79 Å². The average Bonchev–Trinajstić information content (AvgIpc) is 3.10. The molecule has 2 aromatic carbocycles. The second-order valence-electron chi connectivity index (χ2n) is 6.15. The van der Waals surface area contributed by atoms with Crippen molar-refractivity contribution in [1.29, 1.82) is 0 Å². The quantitative estimate of drug-likeness (QED) is 0.421. The molecule has 0 radical (unpaired) electrons. The number of benzene rings is 2. The number of rotatable bonds is 6. The molecule has 0 atom stereocenters. The number of hydrogen-bond donors (Lipinski definition) is 0. The first kappa shape index (κ1) is 18.6. The van der Waals surface area contributed by atoms with Crippen molar-refractivity contribution in [1.82, 2.24) is 4.98 Å². The zero-order chi connectivity index (χ0) is 18.6. The van der Waals surface area contributed by atoms with E-state index in [4.69, 9.17) is 21.1 Å². The Bertz CT molecular complexity index is 876. The Morgan fingerprint density at radius 3 is 2.50 bits per heavy atom. The van der Waals surface area contributed by atoms with Crippen LogP contribution in [0.3, 0.4) is 0 Å². The number of aromatic nitrogens is 1. The van der Waals surface area contributed by atoms with Crippen LogP contribution in [0, 0.1) is 0 Å². The maximum Gasteiger partial charge on any atom is 0.343 e.